The summed E-state index contributed by atoms with van der Waals surface area (Å²) in [5.74, 6) is -0.515. The van der Waals surface area contributed by atoms with Crippen LogP contribution in [0.25, 0.3) is 17.0 Å². The van der Waals surface area contributed by atoms with E-state index in [4.69, 9.17) is 5.21 Å². The maximum atomic E-state index is 11.8. The number of unbranched alkanes of at least 4 members (excludes halogenated alkanes) is 2. The number of carbonyl (C=O) groups is 2. The van der Waals surface area contributed by atoms with Crippen molar-refractivity contribution in [3.8, 4) is 0 Å². The SMILES string of the molecule is O=C(/C=C/c1c[nH]c2ccccc12)NCCCCCC(=O)NO. The predicted octanol–water partition coefficient (Wildman–Crippen LogP) is 2.36. The van der Waals surface area contributed by atoms with Gasteiger partial charge in [-0.15, -0.1) is 0 Å². The van der Waals surface area contributed by atoms with Gasteiger partial charge in [0.15, 0.2) is 0 Å². The Morgan fingerprint density at radius 1 is 1.17 bits per heavy atom. The zero-order chi connectivity index (χ0) is 16.5. The maximum Gasteiger partial charge on any atom is 0.244 e. The van der Waals surface area contributed by atoms with Gasteiger partial charge in [0.25, 0.3) is 0 Å². The van der Waals surface area contributed by atoms with E-state index in [1.54, 1.807) is 11.6 Å². The Hall–Kier alpha value is -2.60. The topological polar surface area (TPSA) is 94.2 Å². The second kappa shape index (κ2) is 8.75. The van der Waals surface area contributed by atoms with Gasteiger partial charge in [-0.3, -0.25) is 14.8 Å². The molecule has 1 aromatic carbocycles. The molecule has 6 nitrogen and oxygen atoms in total. The molecule has 2 aromatic rings. The summed E-state index contributed by atoms with van der Waals surface area (Å²) in [4.78, 5) is 25.7. The van der Waals surface area contributed by atoms with E-state index in [2.05, 4.69) is 10.3 Å². The van der Waals surface area contributed by atoms with Crippen LogP contribution in [0.3, 0.4) is 0 Å². The molecule has 0 unspecified atom stereocenters. The first-order valence-electron chi connectivity index (χ1n) is 7.65. The van der Waals surface area contributed by atoms with Crippen LogP contribution in [0.5, 0.6) is 0 Å². The van der Waals surface area contributed by atoms with Gasteiger partial charge < -0.3 is 10.3 Å². The van der Waals surface area contributed by atoms with Crippen molar-refractivity contribution in [1.82, 2.24) is 15.8 Å². The molecule has 0 saturated carbocycles. The quantitative estimate of drug-likeness (QED) is 0.261. The third kappa shape index (κ3) is 5.27. The minimum absolute atomic E-state index is 0.136. The molecule has 2 amide bonds. The molecule has 0 aliphatic rings. The molecular formula is C17H21N3O3. The van der Waals surface area contributed by atoms with Gasteiger partial charge in [0.1, 0.15) is 0 Å². The summed E-state index contributed by atoms with van der Waals surface area (Å²) in [7, 11) is 0. The highest BCUT2D eigenvalue weighted by molar-refractivity contribution is 5.96. The first-order valence-corrected chi connectivity index (χ1v) is 7.65. The van der Waals surface area contributed by atoms with Crippen LogP contribution in [0, 0.1) is 0 Å². The Balaban J connectivity index is 1.69. The van der Waals surface area contributed by atoms with Crippen molar-refractivity contribution >= 4 is 28.8 Å². The monoisotopic (exact) mass is 315 g/mol. The second-order valence-electron chi connectivity index (χ2n) is 5.26. The summed E-state index contributed by atoms with van der Waals surface area (Å²) in [6, 6.07) is 7.92. The number of hydroxylamine groups is 1. The van der Waals surface area contributed by atoms with E-state index in [9.17, 15) is 9.59 Å². The number of hydrogen-bond donors (Lipinski definition) is 4. The first-order chi connectivity index (χ1) is 11.2. The predicted molar refractivity (Wildman–Crippen MR) is 88.7 cm³/mol. The van der Waals surface area contributed by atoms with Crippen LogP contribution in [-0.4, -0.2) is 28.6 Å². The van der Waals surface area contributed by atoms with Gasteiger partial charge in [-0.2, -0.15) is 0 Å². The van der Waals surface area contributed by atoms with Crippen molar-refractivity contribution < 1.29 is 14.8 Å². The lowest BCUT2D eigenvalue weighted by Crippen LogP contribution is -2.22. The number of amides is 2. The van der Waals surface area contributed by atoms with Gasteiger partial charge in [0.05, 0.1) is 0 Å². The lowest BCUT2D eigenvalue weighted by Gasteiger charge is -2.02. The highest BCUT2D eigenvalue weighted by Crippen LogP contribution is 2.18. The third-order valence-corrected chi connectivity index (χ3v) is 3.54. The van der Waals surface area contributed by atoms with E-state index in [1.807, 2.05) is 30.5 Å². The molecule has 6 heteroatoms. The van der Waals surface area contributed by atoms with Crippen LogP contribution in [0.2, 0.25) is 0 Å². The molecule has 4 N–H and O–H groups in total. The fourth-order valence-corrected chi connectivity index (χ4v) is 2.31. The molecule has 0 aliphatic heterocycles. The number of aromatic nitrogens is 1. The number of benzene rings is 1. The fourth-order valence-electron chi connectivity index (χ4n) is 2.31. The van der Waals surface area contributed by atoms with Crippen molar-refractivity contribution in [1.29, 1.82) is 0 Å². The average molecular weight is 315 g/mol. The Morgan fingerprint density at radius 3 is 2.83 bits per heavy atom. The number of para-hydroxylation sites is 1. The summed E-state index contributed by atoms with van der Waals surface area (Å²) < 4.78 is 0. The van der Waals surface area contributed by atoms with E-state index in [1.165, 1.54) is 6.08 Å². The Bertz CT molecular complexity index is 691. The highest BCUT2D eigenvalue weighted by Gasteiger charge is 2.01. The standard InChI is InChI=1S/C17H21N3O3/c21-16(18-11-5-1-2-8-17(22)20-23)10-9-13-12-19-15-7-4-3-6-14(13)15/h3-4,6-7,9-10,12,19,23H,1-2,5,8,11H2,(H,18,21)(H,20,22)/b10-9+. The molecule has 0 atom stereocenters. The van der Waals surface area contributed by atoms with Crippen molar-refractivity contribution in [2.24, 2.45) is 0 Å². The molecule has 0 radical (unpaired) electrons. The zero-order valence-corrected chi connectivity index (χ0v) is 12.8. The molecular weight excluding hydrogens is 294 g/mol. The number of carbonyl (C=O) groups excluding carboxylic acids is 2. The maximum absolute atomic E-state index is 11.8. The average Bonchev–Trinajstić information content (AvgIpc) is 2.99. The summed E-state index contributed by atoms with van der Waals surface area (Å²) in [5.41, 5.74) is 3.62. The smallest absolute Gasteiger partial charge is 0.244 e. The number of nitrogens with one attached hydrogen (secondary N) is 3. The van der Waals surface area contributed by atoms with E-state index in [-0.39, 0.29) is 11.8 Å². The minimum atomic E-state index is -0.379. The van der Waals surface area contributed by atoms with Gasteiger partial charge in [0, 0.05) is 36.1 Å². The van der Waals surface area contributed by atoms with Gasteiger partial charge in [-0.1, -0.05) is 24.6 Å². The molecule has 122 valence electrons. The van der Waals surface area contributed by atoms with Crippen LogP contribution in [0.4, 0.5) is 0 Å². The van der Waals surface area contributed by atoms with Gasteiger partial charge in [0.2, 0.25) is 11.8 Å². The normalized spacial score (nSPS) is 11.0. The van der Waals surface area contributed by atoms with Gasteiger partial charge >= 0.3 is 0 Å². The molecule has 1 heterocycles. The van der Waals surface area contributed by atoms with Crippen molar-refractivity contribution in [3.63, 3.8) is 0 Å². The number of H-pyrrole nitrogens is 1. The fraction of sp³-hybridized carbons (Fsp3) is 0.294. The summed E-state index contributed by atoms with van der Waals surface area (Å²) in [5, 5.41) is 12.2. The first kappa shape index (κ1) is 16.8. The molecule has 0 spiro atoms. The highest BCUT2D eigenvalue weighted by atomic mass is 16.5. The molecule has 1 aromatic heterocycles. The van der Waals surface area contributed by atoms with Crippen LogP contribution < -0.4 is 10.8 Å². The van der Waals surface area contributed by atoms with Crippen molar-refractivity contribution in [2.45, 2.75) is 25.7 Å². The summed E-state index contributed by atoms with van der Waals surface area (Å²) in [6.07, 6.45) is 7.79. The van der Waals surface area contributed by atoms with Crippen LogP contribution in [-0.2, 0) is 9.59 Å². The van der Waals surface area contributed by atoms with E-state index in [0.717, 1.165) is 29.3 Å². The number of fused-ring (bicyclic) bond motifs is 1. The van der Waals surface area contributed by atoms with Crippen LogP contribution in [0.15, 0.2) is 36.5 Å². The lowest BCUT2D eigenvalue weighted by atomic mass is 10.1. The largest absolute Gasteiger partial charge is 0.361 e. The minimum Gasteiger partial charge on any atom is -0.361 e. The van der Waals surface area contributed by atoms with Crippen molar-refractivity contribution in [2.75, 3.05) is 6.54 Å². The number of aromatic amines is 1. The van der Waals surface area contributed by atoms with E-state index >= 15 is 0 Å². The Morgan fingerprint density at radius 2 is 2.00 bits per heavy atom. The zero-order valence-electron chi connectivity index (χ0n) is 12.8. The summed E-state index contributed by atoms with van der Waals surface area (Å²) in [6.45, 7) is 0.567. The second-order valence-corrected chi connectivity index (χ2v) is 5.26. The van der Waals surface area contributed by atoms with Gasteiger partial charge in [-0.05, 0) is 30.5 Å². The molecule has 0 bridgehead atoms. The van der Waals surface area contributed by atoms with E-state index < -0.39 is 0 Å². The lowest BCUT2D eigenvalue weighted by molar-refractivity contribution is -0.129. The van der Waals surface area contributed by atoms with Gasteiger partial charge in [-0.25, -0.2) is 5.48 Å². The van der Waals surface area contributed by atoms with Crippen LogP contribution >= 0.6 is 0 Å². The molecule has 0 fully saturated rings. The molecule has 0 saturated heterocycles. The molecule has 2 rings (SSSR count). The Kier molecular flexibility index (Phi) is 6.38. The Labute approximate surface area is 134 Å². The molecule has 23 heavy (non-hydrogen) atoms. The van der Waals surface area contributed by atoms with E-state index in [0.29, 0.717) is 19.4 Å². The third-order valence-electron chi connectivity index (χ3n) is 3.54. The summed E-state index contributed by atoms with van der Waals surface area (Å²) >= 11 is 0. The van der Waals surface area contributed by atoms with Crippen molar-refractivity contribution in [3.05, 3.63) is 42.1 Å². The number of rotatable bonds is 8. The van der Waals surface area contributed by atoms with Crippen LogP contribution in [0.1, 0.15) is 31.2 Å². The molecule has 0 aliphatic carbocycles. The number of hydrogen-bond acceptors (Lipinski definition) is 3.